The number of carbonyl (C=O) groups is 1. The zero-order valence-corrected chi connectivity index (χ0v) is 16.4. The second-order valence-corrected chi connectivity index (χ2v) is 8.05. The third kappa shape index (κ3) is 4.18. The van der Waals surface area contributed by atoms with Crippen molar-refractivity contribution >= 4 is 5.91 Å². The number of piperidine rings is 1. The molecule has 0 N–H and O–H groups in total. The average molecular weight is 367 g/mol. The number of nitrogens with zero attached hydrogens (tertiary/aromatic N) is 3. The monoisotopic (exact) mass is 367 g/mol. The van der Waals surface area contributed by atoms with E-state index in [0.717, 1.165) is 55.5 Å². The lowest BCUT2D eigenvalue weighted by Gasteiger charge is -2.32. The number of amides is 1. The summed E-state index contributed by atoms with van der Waals surface area (Å²) in [4.78, 5) is 19.3. The number of hydrogen-bond donors (Lipinski definition) is 0. The lowest BCUT2D eigenvalue weighted by Crippen LogP contribution is -2.42. The molecule has 5 heteroatoms. The van der Waals surface area contributed by atoms with Crippen molar-refractivity contribution < 1.29 is 9.53 Å². The summed E-state index contributed by atoms with van der Waals surface area (Å²) in [6, 6.07) is 5.96. The van der Waals surface area contributed by atoms with Crippen LogP contribution in [0.1, 0.15) is 48.6 Å². The van der Waals surface area contributed by atoms with Gasteiger partial charge in [-0.15, -0.1) is 0 Å². The average Bonchev–Trinajstić information content (AvgIpc) is 3.37. The molecule has 1 amide bonds. The fourth-order valence-electron chi connectivity index (χ4n) is 3.94. The van der Waals surface area contributed by atoms with Gasteiger partial charge in [0.05, 0.1) is 0 Å². The highest BCUT2D eigenvalue weighted by atomic mass is 16.5. The minimum atomic E-state index is 0.0703. The number of ether oxygens (including phenoxy) is 1. The number of aromatic nitrogens is 2. The Morgan fingerprint density at radius 1 is 1.26 bits per heavy atom. The third-order valence-electron chi connectivity index (χ3n) is 5.94. The van der Waals surface area contributed by atoms with E-state index in [0.29, 0.717) is 5.92 Å². The molecule has 2 aromatic rings. The van der Waals surface area contributed by atoms with Gasteiger partial charge in [-0.25, -0.2) is 4.98 Å². The lowest BCUT2D eigenvalue weighted by atomic mass is 9.97. The van der Waals surface area contributed by atoms with Crippen LogP contribution in [0, 0.1) is 19.8 Å². The topological polar surface area (TPSA) is 47.4 Å². The Kier molecular flexibility index (Phi) is 5.19. The van der Waals surface area contributed by atoms with Gasteiger partial charge in [0.1, 0.15) is 11.6 Å². The second kappa shape index (κ2) is 7.75. The Labute approximate surface area is 161 Å². The van der Waals surface area contributed by atoms with Crippen LogP contribution >= 0.6 is 0 Å². The van der Waals surface area contributed by atoms with E-state index in [4.69, 9.17) is 4.74 Å². The quantitative estimate of drug-likeness (QED) is 0.782. The first kappa shape index (κ1) is 18.1. The van der Waals surface area contributed by atoms with Gasteiger partial charge in [0.15, 0.2) is 6.61 Å². The van der Waals surface area contributed by atoms with Crippen LogP contribution < -0.4 is 4.74 Å². The van der Waals surface area contributed by atoms with Gasteiger partial charge in [-0.3, -0.25) is 4.79 Å². The number of carbonyl (C=O) groups excluding carboxylic acids is 1. The summed E-state index contributed by atoms with van der Waals surface area (Å²) < 4.78 is 8.14. The van der Waals surface area contributed by atoms with Crippen molar-refractivity contribution in [3.8, 4) is 5.75 Å². The fourth-order valence-corrected chi connectivity index (χ4v) is 3.94. The minimum absolute atomic E-state index is 0.0703. The molecule has 2 fully saturated rings. The van der Waals surface area contributed by atoms with Crippen molar-refractivity contribution in [2.75, 3.05) is 19.7 Å². The Hall–Kier alpha value is -2.30. The molecular formula is C22H29N3O2. The van der Waals surface area contributed by atoms with Crippen molar-refractivity contribution in [2.45, 2.75) is 52.0 Å². The van der Waals surface area contributed by atoms with Gasteiger partial charge >= 0.3 is 0 Å². The van der Waals surface area contributed by atoms with Gasteiger partial charge in [-0.2, -0.15) is 0 Å². The second-order valence-electron chi connectivity index (χ2n) is 8.05. The summed E-state index contributed by atoms with van der Waals surface area (Å²) in [5.74, 6) is 3.18. The first-order chi connectivity index (χ1) is 13.1. The van der Waals surface area contributed by atoms with Crippen LogP contribution in [0.15, 0.2) is 30.6 Å². The van der Waals surface area contributed by atoms with Gasteiger partial charge in [0, 0.05) is 37.9 Å². The van der Waals surface area contributed by atoms with E-state index >= 15 is 0 Å². The molecule has 0 spiro atoms. The van der Waals surface area contributed by atoms with Gasteiger partial charge < -0.3 is 14.2 Å². The molecule has 27 heavy (non-hydrogen) atoms. The normalized spacial score (nSPS) is 19.9. The molecule has 0 bridgehead atoms. The summed E-state index contributed by atoms with van der Waals surface area (Å²) in [5.41, 5.74) is 2.28. The van der Waals surface area contributed by atoms with E-state index in [1.807, 2.05) is 30.2 Å². The van der Waals surface area contributed by atoms with Crippen molar-refractivity contribution in [1.29, 1.82) is 0 Å². The van der Waals surface area contributed by atoms with Crippen LogP contribution in [-0.4, -0.2) is 40.1 Å². The SMILES string of the molecule is Cc1cccc(OCC(=O)N2CCC[C@H](c3nccn3CC3CC3)C2)c1C. The highest BCUT2D eigenvalue weighted by Crippen LogP contribution is 2.33. The molecule has 1 aliphatic carbocycles. The number of rotatable bonds is 6. The van der Waals surface area contributed by atoms with Crippen LogP contribution in [0.2, 0.25) is 0 Å². The summed E-state index contributed by atoms with van der Waals surface area (Å²) in [5, 5.41) is 0. The summed E-state index contributed by atoms with van der Waals surface area (Å²) in [6.07, 6.45) is 8.80. The van der Waals surface area contributed by atoms with E-state index in [1.54, 1.807) is 0 Å². The minimum Gasteiger partial charge on any atom is -0.483 e. The smallest absolute Gasteiger partial charge is 0.260 e. The molecule has 1 aromatic carbocycles. The number of hydrogen-bond acceptors (Lipinski definition) is 3. The number of imidazole rings is 1. The molecular weight excluding hydrogens is 338 g/mol. The maximum absolute atomic E-state index is 12.7. The molecule has 0 radical (unpaired) electrons. The highest BCUT2D eigenvalue weighted by Gasteiger charge is 2.29. The number of likely N-dealkylation sites (tertiary alicyclic amines) is 1. The van der Waals surface area contributed by atoms with Crippen LogP contribution in [0.25, 0.3) is 0 Å². The van der Waals surface area contributed by atoms with E-state index in [2.05, 4.69) is 28.7 Å². The van der Waals surface area contributed by atoms with Gasteiger partial charge in [0.2, 0.25) is 0 Å². The maximum Gasteiger partial charge on any atom is 0.260 e. The Bertz CT molecular complexity index is 810. The number of aryl methyl sites for hydroxylation is 1. The van der Waals surface area contributed by atoms with Crippen LogP contribution in [-0.2, 0) is 11.3 Å². The Balaban J connectivity index is 1.37. The summed E-state index contributed by atoms with van der Waals surface area (Å²) >= 11 is 0. The fraction of sp³-hybridized carbons (Fsp3) is 0.545. The van der Waals surface area contributed by atoms with Crippen LogP contribution in [0.3, 0.4) is 0 Å². The molecule has 2 heterocycles. The lowest BCUT2D eigenvalue weighted by molar-refractivity contribution is -0.134. The molecule has 0 unspecified atom stereocenters. The van der Waals surface area contributed by atoms with Crippen LogP contribution in [0.5, 0.6) is 5.75 Å². The molecule has 1 saturated carbocycles. The highest BCUT2D eigenvalue weighted by molar-refractivity contribution is 5.78. The molecule has 4 rings (SSSR count). The van der Waals surface area contributed by atoms with Crippen molar-refractivity contribution in [2.24, 2.45) is 5.92 Å². The molecule has 144 valence electrons. The predicted octanol–water partition coefficient (Wildman–Crippen LogP) is 3.69. The van der Waals surface area contributed by atoms with Crippen molar-refractivity contribution in [1.82, 2.24) is 14.5 Å². The largest absolute Gasteiger partial charge is 0.483 e. The first-order valence-corrected chi connectivity index (χ1v) is 10.1. The molecule has 1 aromatic heterocycles. The zero-order valence-electron chi connectivity index (χ0n) is 16.4. The van der Waals surface area contributed by atoms with E-state index < -0.39 is 0 Å². The Morgan fingerprint density at radius 3 is 2.93 bits per heavy atom. The van der Waals surface area contributed by atoms with E-state index in [-0.39, 0.29) is 12.5 Å². The van der Waals surface area contributed by atoms with E-state index in [9.17, 15) is 4.79 Å². The van der Waals surface area contributed by atoms with Gasteiger partial charge in [-0.1, -0.05) is 12.1 Å². The van der Waals surface area contributed by atoms with Crippen molar-refractivity contribution in [3.05, 3.63) is 47.5 Å². The van der Waals surface area contributed by atoms with Crippen molar-refractivity contribution in [3.63, 3.8) is 0 Å². The molecule has 1 saturated heterocycles. The third-order valence-corrected chi connectivity index (χ3v) is 5.94. The number of benzene rings is 1. The summed E-state index contributed by atoms with van der Waals surface area (Å²) in [6.45, 7) is 6.84. The van der Waals surface area contributed by atoms with Crippen LogP contribution in [0.4, 0.5) is 0 Å². The molecule has 5 nitrogen and oxygen atoms in total. The predicted molar refractivity (Wildman–Crippen MR) is 105 cm³/mol. The first-order valence-electron chi connectivity index (χ1n) is 10.1. The standard InChI is InChI=1S/C22H29N3O2/c1-16-5-3-7-20(17(16)2)27-15-21(26)24-11-4-6-19(14-24)22-23-10-12-25(22)13-18-8-9-18/h3,5,7,10,12,18-19H,4,6,8-9,11,13-15H2,1-2H3/t19-/m0/s1. The Morgan fingerprint density at radius 2 is 2.11 bits per heavy atom. The van der Waals surface area contributed by atoms with Gasteiger partial charge in [0.25, 0.3) is 5.91 Å². The molecule has 2 aliphatic rings. The van der Waals surface area contributed by atoms with Gasteiger partial charge in [-0.05, 0) is 62.6 Å². The molecule has 1 aliphatic heterocycles. The maximum atomic E-state index is 12.7. The van der Waals surface area contributed by atoms with E-state index in [1.165, 1.54) is 18.4 Å². The molecule has 1 atom stereocenters. The zero-order chi connectivity index (χ0) is 18.8. The summed E-state index contributed by atoms with van der Waals surface area (Å²) in [7, 11) is 0.